The average molecular weight is 285 g/mol. The van der Waals surface area contributed by atoms with E-state index in [-0.39, 0.29) is 0 Å². The highest BCUT2D eigenvalue weighted by molar-refractivity contribution is 9.10. The van der Waals surface area contributed by atoms with Crippen molar-refractivity contribution >= 4 is 27.4 Å². The number of aromatic nitrogens is 2. The zero-order chi connectivity index (χ0) is 11.7. The van der Waals surface area contributed by atoms with Gasteiger partial charge in [0, 0.05) is 12.3 Å². The predicted octanol–water partition coefficient (Wildman–Crippen LogP) is 1.89. The fourth-order valence-corrected chi connectivity index (χ4v) is 1.88. The molecule has 84 valence electrons. The molecule has 6 heteroatoms. The van der Waals surface area contributed by atoms with Crippen LogP contribution in [0.4, 0.5) is 0 Å². The van der Waals surface area contributed by atoms with Gasteiger partial charge in [0.2, 0.25) is 0 Å². The second kappa shape index (κ2) is 4.13. The third-order valence-corrected chi connectivity index (χ3v) is 2.79. The summed E-state index contributed by atoms with van der Waals surface area (Å²) in [4.78, 5) is 11.4. The lowest BCUT2D eigenvalue weighted by molar-refractivity contribution is 0.0603. The van der Waals surface area contributed by atoms with Crippen LogP contribution in [0.1, 0.15) is 10.4 Å². The minimum atomic E-state index is -0.417. The fourth-order valence-electron chi connectivity index (χ4n) is 1.41. The first-order valence-corrected chi connectivity index (χ1v) is 5.26. The number of carbonyl (C=O) groups excluding carboxylic acids is 1. The number of pyridine rings is 1. The van der Waals surface area contributed by atoms with Crippen molar-refractivity contribution in [2.45, 2.75) is 0 Å². The number of hydrogen-bond donors (Lipinski definition) is 0. The summed E-state index contributed by atoms with van der Waals surface area (Å²) in [7, 11) is 2.90. The summed E-state index contributed by atoms with van der Waals surface area (Å²) in [5.74, 6) is 0.220. The second-order valence-corrected chi connectivity index (χ2v) is 3.92. The van der Waals surface area contributed by atoms with Crippen LogP contribution in [0.5, 0.6) is 5.75 Å². The van der Waals surface area contributed by atoms with Gasteiger partial charge in [-0.3, -0.25) is 0 Å². The third kappa shape index (κ3) is 1.65. The van der Waals surface area contributed by atoms with E-state index in [2.05, 4.69) is 25.8 Å². The Kier molecular flexibility index (Phi) is 2.82. The smallest absolute Gasteiger partial charge is 0.341 e. The number of nitrogens with zero attached hydrogens (tertiary/aromatic N) is 2. The van der Waals surface area contributed by atoms with Crippen molar-refractivity contribution < 1.29 is 14.3 Å². The molecule has 0 aliphatic heterocycles. The Hall–Kier alpha value is -1.56. The molecule has 0 fully saturated rings. The van der Waals surface area contributed by atoms with E-state index in [0.717, 1.165) is 4.47 Å². The van der Waals surface area contributed by atoms with Crippen LogP contribution in [0.3, 0.4) is 0 Å². The minimum Gasteiger partial charge on any atom is -0.495 e. The molecule has 2 aromatic rings. The largest absolute Gasteiger partial charge is 0.495 e. The van der Waals surface area contributed by atoms with Gasteiger partial charge >= 0.3 is 5.97 Å². The van der Waals surface area contributed by atoms with Gasteiger partial charge in [-0.05, 0) is 15.9 Å². The normalized spacial score (nSPS) is 10.4. The molecular weight excluding hydrogens is 276 g/mol. The molecule has 0 radical (unpaired) electrons. The Morgan fingerprint density at radius 3 is 2.88 bits per heavy atom. The number of ether oxygens (including phenoxy) is 2. The molecule has 0 aliphatic carbocycles. The molecule has 0 bridgehead atoms. The van der Waals surface area contributed by atoms with Crippen LogP contribution in [-0.4, -0.2) is 29.8 Å². The molecule has 0 spiro atoms. The van der Waals surface area contributed by atoms with Gasteiger partial charge in [-0.1, -0.05) is 0 Å². The van der Waals surface area contributed by atoms with E-state index in [1.165, 1.54) is 13.3 Å². The molecule has 0 amide bonds. The number of hydrogen-bond acceptors (Lipinski definition) is 4. The number of halogens is 1. The maximum Gasteiger partial charge on any atom is 0.341 e. The van der Waals surface area contributed by atoms with Crippen molar-refractivity contribution in [2.24, 2.45) is 0 Å². The summed E-state index contributed by atoms with van der Waals surface area (Å²) in [5.41, 5.74) is 1.06. The zero-order valence-electron chi connectivity index (χ0n) is 8.73. The van der Waals surface area contributed by atoms with E-state index < -0.39 is 5.97 Å². The molecular formula is C10H9BrN2O3. The van der Waals surface area contributed by atoms with Crippen LogP contribution in [0.2, 0.25) is 0 Å². The third-order valence-electron chi connectivity index (χ3n) is 2.20. The Morgan fingerprint density at radius 1 is 1.50 bits per heavy atom. The molecule has 2 aromatic heterocycles. The van der Waals surface area contributed by atoms with Crippen LogP contribution in [0.15, 0.2) is 22.9 Å². The lowest BCUT2D eigenvalue weighted by atomic mass is 10.2. The molecule has 5 nitrogen and oxygen atoms in total. The van der Waals surface area contributed by atoms with Crippen molar-refractivity contribution in [1.29, 1.82) is 0 Å². The Labute approximate surface area is 100 Å². The first-order valence-electron chi connectivity index (χ1n) is 4.46. The summed E-state index contributed by atoms with van der Waals surface area (Å²) in [6, 6.07) is 1.73. The highest BCUT2D eigenvalue weighted by atomic mass is 79.9. The number of methoxy groups -OCH3 is 2. The van der Waals surface area contributed by atoms with Crippen molar-refractivity contribution in [3.8, 4) is 5.75 Å². The SMILES string of the molecule is COC(=O)c1cnn2cc(Br)c(OC)cc12. The first kappa shape index (κ1) is 10.9. The van der Waals surface area contributed by atoms with E-state index in [9.17, 15) is 4.79 Å². The minimum absolute atomic E-state index is 0.410. The van der Waals surface area contributed by atoms with Crippen LogP contribution >= 0.6 is 15.9 Å². The van der Waals surface area contributed by atoms with Crippen molar-refractivity contribution in [2.75, 3.05) is 14.2 Å². The molecule has 16 heavy (non-hydrogen) atoms. The Morgan fingerprint density at radius 2 is 2.25 bits per heavy atom. The maximum absolute atomic E-state index is 11.4. The summed E-state index contributed by atoms with van der Waals surface area (Å²) in [6.07, 6.45) is 3.19. The van der Waals surface area contributed by atoms with E-state index in [0.29, 0.717) is 16.8 Å². The van der Waals surface area contributed by atoms with Gasteiger partial charge in [0.1, 0.15) is 11.3 Å². The molecule has 0 aromatic carbocycles. The highest BCUT2D eigenvalue weighted by Gasteiger charge is 2.14. The molecule has 0 saturated heterocycles. The summed E-state index contributed by atoms with van der Waals surface area (Å²) in [6.45, 7) is 0. The summed E-state index contributed by atoms with van der Waals surface area (Å²) >= 11 is 3.34. The van der Waals surface area contributed by atoms with E-state index in [1.807, 2.05) is 0 Å². The molecule has 2 heterocycles. The van der Waals surface area contributed by atoms with Crippen molar-refractivity contribution in [1.82, 2.24) is 9.61 Å². The lowest BCUT2D eigenvalue weighted by Crippen LogP contribution is -2.00. The molecule has 0 N–H and O–H groups in total. The van der Waals surface area contributed by atoms with Gasteiger partial charge in [0.05, 0.1) is 30.4 Å². The molecule has 0 aliphatic rings. The Balaban J connectivity index is 2.66. The predicted molar refractivity (Wildman–Crippen MR) is 60.8 cm³/mol. The molecule has 0 unspecified atom stereocenters. The number of carbonyl (C=O) groups is 1. The molecule has 0 atom stereocenters. The van der Waals surface area contributed by atoms with Crippen LogP contribution in [-0.2, 0) is 4.74 Å². The van der Waals surface area contributed by atoms with Gasteiger partial charge in [0.15, 0.2) is 0 Å². The average Bonchev–Trinajstić information content (AvgIpc) is 2.69. The van der Waals surface area contributed by atoms with Gasteiger partial charge < -0.3 is 9.47 Å². The summed E-state index contributed by atoms with van der Waals surface area (Å²) in [5, 5.41) is 4.05. The van der Waals surface area contributed by atoms with Crippen molar-refractivity contribution in [3.05, 3.63) is 28.5 Å². The van der Waals surface area contributed by atoms with Gasteiger partial charge in [0.25, 0.3) is 0 Å². The monoisotopic (exact) mass is 284 g/mol. The van der Waals surface area contributed by atoms with Crippen LogP contribution in [0.25, 0.3) is 5.52 Å². The highest BCUT2D eigenvalue weighted by Crippen LogP contribution is 2.27. The first-order chi connectivity index (χ1) is 7.67. The zero-order valence-corrected chi connectivity index (χ0v) is 10.3. The van der Waals surface area contributed by atoms with Crippen LogP contribution in [0, 0.1) is 0 Å². The van der Waals surface area contributed by atoms with Gasteiger partial charge in [-0.2, -0.15) is 5.10 Å². The van der Waals surface area contributed by atoms with Crippen molar-refractivity contribution in [3.63, 3.8) is 0 Å². The maximum atomic E-state index is 11.4. The summed E-state index contributed by atoms with van der Waals surface area (Å²) < 4.78 is 12.2. The quantitative estimate of drug-likeness (QED) is 0.791. The molecule has 2 rings (SSSR count). The molecule has 0 saturated carbocycles. The lowest BCUT2D eigenvalue weighted by Gasteiger charge is -2.04. The topological polar surface area (TPSA) is 52.8 Å². The number of esters is 1. The van der Waals surface area contributed by atoms with Gasteiger partial charge in [-0.25, -0.2) is 9.31 Å². The fraction of sp³-hybridized carbons (Fsp3) is 0.200. The Bertz CT molecular complexity index is 550. The van der Waals surface area contributed by atoms with E-state index >= 15 is 0 Å². The number of fused-ring (bicyclic) bond motifs is 1. The standard InChI is InChI=1S/C10H9BrN2O3/c1-15-9-3-8-6(10(14)16-2)4-12-13(8)5-7(9)11/h3-5H,1-2H3. The van der Waals surface area contributed by atoms with E-state index in [1.54, 1.807) is 23.9 Å². The van der Waals surface area contributed by atoms with E-state index in [4.69, 9.17) is 4.74 Å². The second-order valence-electron chi connectivity index (χ2n) is 3.07. The van der Waals surface area contributed by atoms with Crippen LogP contribution < -0.4 is 4.74 Å². The number of rotatable bonds is 2. The van der Waals surface area contributed by atoms with Gasteiger partial charge in [-0.15, -0.1) is 0 Å².